The zero-order valence-corrected chi connectivity index (χ0v) is 30.9. The molecule has 0 aliphatic rings. The summed E-state index contributed by atoms with van der Waals surface area (Å²) in [6.07, 6.45) is 14.9. The molecule has 0 heterocycles. The number of ether oxygens (including phenoxy) is 3. The minimum atomic E-state index is -0.208. The van der Waals surface area contributed by atoms with Crippen LogP contribution in [0, 0.1) is 47.3 Å². The Kier molecular flexibility index (Phi) is 24.8. The quantitative estimate of drug-likeness (QED) is 0.0858. The van der Waals surface area contributed by atoms with Gasteiger partial charge in [-0.05, 0) is 138 Å². The van der Waals surface area contributed by atoms with Crippen molar-refractivity contribution in [3.8, 4) is 0 Å². The van der Waals surface area contributed by atoms with Crippen molar-refractivity contribution in [3.63, 3.8) is 0 Å². The molecule has 12 atom stereocenters. The third-order valence-electron chi connectivity index (χ3n) is 9.42. The molecule has 0 spiro atoms. The predicted molar refractivity (Wildman–Crippen MR) is 184 cm³/mol. The van der Waals surface area contributed by atoms with Crippen molar-refractivity contribution in [1.82, 2.24) is 0 Å². The molecule has 0 aliphatic heterocycles. The van der Waals surface area contributed by atoms with Gasteiger partial charge in [-0.3, -0.25) is 0 Å². The van der Waals surface area contributed by atoms with Gasteiger partial charge in [0.2, 0.25) is 0 Å². The van der Waals surface area contributed by atoms with Crippen molar-refractivity contribution < 1.29 is 24.4 Å². The largest absolute Gasteiger partial charge is 0.393 e. The lowest BCUT2D eigenvalue weighted by Crippen LogP contribution is -2.25. The summed E-state index contributed by atoms with van der Waals surface area (Å²) in [5, 5.41) is 19.3. The van der Waals surface area contributed by atoms with E-state index in [-0.39, 0.29) is 24.8 Å². The van der Waals surface area contributed by atoms with Crippen molar-refractivity contribution >= 4 is 0 Å². The molecule has 0 radical (unpaired) electrons. The van der Waals surface area contributed by atoms with E-state index in [1.54, 1.807) is 14.2 Å². The Morgan fingerprint density at radius 2 is 0.628 bits per heavy atom. The smallest absolute Gasteiger partial charge is 0.160 e. The van der Waals surface area contributed by atoms with Gasteiger partial charge in [-0.1, -0.05) is 68.2 Å². The molecule has 0 saturated heterocycles. The van der Waals surface area contributed by atoms with Crippen LogP contribution in [0.1, 0.15) is 159 Å². The summed E-state index contributed by atoms with van der Waals surface area (Å²) < 4.78 is 17.6. The van der Waals surface area contributed by atoms with E-state index in [2.05, 4.69) is 55.4 Å². The van der Waals surface area contributed by atoms with E-state index in [4.69, 9.17) is 14.2 Å². The molecule has 0 aromatic heterocycles. The van der Waals surface area contributed by atoms with Crippen molar-refractivity contribution in [2.24, 2.45) is 47.3 Å². The van der Waals surface area contributed by atoms with Gasteiger partial charge in [-0.15, -0.1) is 0 Å². The highest BCUT2D eigenvalue weighted by atomic mass is 16.8. The summed E-state index contributed by atoms with van der Waals surface area (Å²) in [6.45, 7) is 22.7. The molecule has 2 N–H and O–H groups in total. The minimum Gasteiger partial charge on any atom is -0.393 e. The molecule has 0 aromatic carbocycles. The van der Waals surface area contributed by atoms with E-state index < -0.39 is 0 Å². The average molecular weight is 615 g/mol. The van der Waals surface area contributed by atoms with Crippen LogP contribution in [0.2, 0.25) is 0 Å². The average Bonchev–Trinajstić information content (AvgIpc) is 2.85. The van der Waals surface area contributed by atoms with Gasteiger partial charge >= 0.3 is 0 Å². The Balaban J connectivity index is 4.28. The van der Waals surface area contributed by atoms with Crippen LogP contribution in [0.15, 0.2) is 0 Å². The Morgan fingerprint density at radius 1 is 0.372 bits per heavy atom. The SMILES string of the molecule is COC(CCCC(C)CC(C)CC(C)CC(C)CC(C)O)OC(CCCC(C)CC(C)CC(C)CC(C)CC(C)O)OC. The highest BCUT2D eigenvalue weighted by Crippen LogP contribution is 2.29. The Morgan fingerprint density at radius 3 is 0.884 bits per heavy atom. The van der Waals surface area contributed by atoms with Crippen LogP contribution in [0.5, 0.6) is 0 Å². The molecule has 260 valence electrons. The first-order chi connectivity index (χ1) is 20.1. The second kappa shape index (κ2) is 25.0. The van der Waals surface area contributed by atoms with Crippen molar-refractivity contribution in [3.05, 3.63) is 0 Å². The molecule has 5 nitrogen and oxygen atoms in total. The fourth-order valence-electron chi connectivity index (χ4n) is 8.02. The van der Waals surface area contributed by atoms with Gasteiger partial charge < -0.3 is 24.4 Å². The number of aliphatic hydroxyl groups is 2. The number of hydrogen-bond donors (Lipinski definition) is 2. The number of hydrogen-bond acceptors (Lipinski definition) is 5. The van der Waals surface area contributed by atoms with Crippen LogP contribution >= 0.6 is 0 Å². The van der Waals surface area contributed by atoms with E-state index >= 15 is 0 Å². The molecule has 0 bridgehead atoms. The summed E-state index contributed by atoms with van der Waals surface area (Å²) >= 11 is 0. The normalized spacial score (nSPS) is 20.8. The fourth-order valence-corrected chi connectivity index (χ4v) is 8.02. The first-order valence-electron chi connectivity index (χ1n) is 18.2. The van der Waals surface area contributed by atoms with Crippen molar-refractivity contribution in [2.75, 3.05) is 14.2 Å². The summed E-state index contributed by atoms with van der Waals surface area (Å²) in [6, 6.07) is 0. The van der Waals surface area contributed by atoms with Gasteiger partial charge in [0.25, 0.3) is 0 Å². The molecule has 5 heteroatoms. The standard InChI is InChI=1S/C38H78O5/c1-27(19-29(3)21-31(5)23-33(7)25-35(9)39)15-13-17-37(41-11)43-38(42-12)18-14-16-28(2)20-30(4)22-32(6)24-34(8)26-36(10)40/h27-40H,13-26H2,1-12H3. The van der Waals surface area contributed by atoms with Gasteiger partial charge in [-0.25, -0.2) is 0 Å². The lowest BCUT2D eigenvalue weighted by Gasteiger charge is -2.25. The predicted octanol–water partition coefficient (Wildman–Crippen LogP) is 10.3. The van der Waals surface area contributed by atoms with Crippen LogP contribution < -0.4 is 0 Å². The molecule has 0 amide bonds. The van der Waals surface area contributed by atoms with Gasteiger partial charge in [0.15, 0.2) is 12.6 Å². The molecular weight excluding hydrogens is 536 g/mol. The second-order valence-electron chi connectivity index (χ2n) is 15.8. The van der Waals surface area contributed by atoms with Crippen LogP contribution in [-0.4, -0.2) is 49.2 Å². The maximum absolute atomic E-state index is 9.65. The molecule has 0 fully saturated rings. The third-order valence-corrected chi connectivity index (χ3v) is 9.42. The maximum Gasteiger partial charge on any atom is 0.160 e. The lowest BCUT2D eigenvalue weighted by molar-refractivity contribution is -0.233. The van der Waals surface area contributed by atoms with Gasteiger partial charge in [0.1, 0.15) is 0 Å². The van der Waals surface area contributed by atoms with Gasteiger partial charge in [-0.2, -0.15) is 0 Å². The topological polar surface area (TPSA) is 68.2 Å². The van der Waals surface area contributed by atoms with Crippen molar-refractivity contribution in [2.45, 2.75) is 184 Å². The molecule has 0 aromatic rings. The van der Waals surface area contributed by atoms with Crippen LogP contribution in [0.4, 0.5) is 0 Å². The fraction of sp³-hybridized carbons (Fsp3) is 1.00. The molecule has 0 aliphatic carbocycles. The van der Waals surface area contributed by atoms with E-state index in [0.29, 0.717) is 35.5 Å². The number of aliphatic hydroxyl groups excluding tert-OH is 2. The monoisotopic (exact) mass is 615 g/mol. The summed E-state index contributed by atoms with van der Waals surface area (Å²) in [4.78, 5) is 0. The number of rotatable bonds is 28. The van der Waals surface area contributed by atoms with E-state index in [0.717, 1.165) is 50.4 Å². The molecule has 0 saturated carbocycles. The first-order valence-corrected chi connectivity index (χ1v) is 18.2. The second-order valence-corrected chi connectivity index (χ2v) is 15.8. The minimum absolute atomic E-state index is 0.192. The Bertz CT molecular complexity index is 573. The lowest BCUT2D eigenvalue weighted by atomic mass is 9.83. The van der Waals surface area contributed by atoms with E-state index in [1.807, 2.05) is 13.8 Å². The zero-order valence-electron chi connectivity index (χ0n) is 30.9. The van der Waals surface area contributed by atoms with E-state index in [1.165, 1.54) is 51.4 Å². The number of methoxy groups -OCH3 is 2. The summed E-state index contributed by atoms with van der Waals surface area (Å²) in [5.41, 5.74) is 0. The van der Waals surface area contributed by atoms with Crippen LogP contribution in [-0.2, 0) is 14.2 Å². The Labute approximate surface area is 269 Å². The molecular formula is C38H78O5. The van der Waals surface area contributed by atoms with Crippen molar-refractivity contribution in [1.29, 1.82) is 0 Å². The molecule has 0 rings (SSSR count). The highest BCUT2D eigenvalue weighted by Gasteiger charge is 2.20. The highest BCUT2D eigenvalue weighted by molar-refractivity contribution is 4.69. The van der Waals surface area contributed by atoms with Crippen LogP contribution in [0.3, 0.4) is 0 Å². The van der Waals surface area contributed by atoms with Gasteiger partial charge in [0, 0.05) is 14.2 Å². The van der Waals surface area contributed by atoms with Crippen LogP contribution in [0.25, 0.3) is 0 Å². The first kappa shape index (κ1) is 42.8. The summed E-state index contributed by atoms with van der Waals surface area (Å²) in [5.74, 6) is 5.47. The van der Waals surface area contributed by atoms with E-state index in [9.17, 15) is 10.2 Å². The third kappa shape index (κ3) is 24.7. The zero-order chi connectivity index (χ0) is 32.9. The van der Waals surface area contributed by atoms with Gasteiger partial charge in [0.05, 0.1) is 12.2 Å². The molecule has 43 heavy (non-hydrogen) atoms. The molecule has 12 unspecified atom stereocenters. The maximum atomic E-state index is 9.65. The summed E-state index contributed by atoms with van der Waals surface area (Å²) in [7, 11) is 3.50. The Hall–Kier alpha value is -0.200.